The number of fused-ring (bicyclic) bond motifs is 1. The molecular weight excluding hydrogens is 454 g/mol. The Kier molecular flexibility index (Phi) is 6.41. The lowest BCUT2D eigenvalue weighted by atomic mass is 9.94. The fourth-order valence-electron chi connectivity index (χ4n) is 4.57. The van der Waals surface area contributed by atoms with E-state index in [2.05, 4.69) is 29.7 Å². The molecule has 0 unspecified atom stereocenters. The van der Waals surface area contributed by atoms with Gasteiger partial charge >= 0.3 is 0 Å². The van der Waals surface area contributed by atoms with Crippen LogP contribution in [-0.2, 0) is 21.5 Å². The van der Waals surface area contributed by atoms with E-state index in [1.165, 1.54) is 0 Å². The first-order chi connectivity index (χ1) is 17.3. The Morgan fingerprint density at radius 2 is 1.69 bits per heavy atom. The smallest absolute Gasteiger partial charge is 0.235 e. The fourth-order valence-corrected chi connectivity index (χ4v) is 4.57. The van der Waals surface area contributed by atoms with E-state index in [4.69, 9.17) is 9.47 Å². The minimum atomic E-state index is -0.523. The fraction of sp³-hybridized carbons (Fsp3) is 0.310. The Morgan fingerprint density at radius 1 is 0.944 bits per heavy atom. The lowest BCUT2D eigenvalue weighted by molar-refractivity contribution is -0.122. The summed E-state index contributed by atoms with van der Waals surface area (Å²) in [5.74, 6) is 1.42. The maximum atomic E-state index is 13.3. The van der Waals surface area contributed by atoms with Gasteiger partial charge in [-0.2, -0.15) is 0 Å². The summed E-state index contributed by atoms with van der Waals surface area (Å²) in [5, 5.41) is 6.08. The van der Waals surface area contributed by atoms with Gasteiger partial charge in [0.1, 0.15) is 0 Å². The molecule has 5 rings (SSSR count). The molecule has 0 saturated heterocycles. The van der Waals surface area contributed by atoms with Crippen molar-refractivity contribution in [3.8, 4) is 22.6 Å². The largest absolute Gasteiger partial charge is 0.454 e. The molecule has 0 atom stereocenters. The summed E-state index contributed by atoms with van der Waals surface area (Å²) >= 11 is 0. The summed E-state index contributed by atoms with van der Waals surface area (Å²) < 4.78 is 10.9. The van der Waals surface area contributed by atoms with Crippen LogP contribution in [0.15, 0.2) is 60.7 Å². The second kappa shape index (κ2) is 9.66. The number of nitrogens with one attached hydrogen (secondary N) is 2. The van der Waals surface area contributed by atoms with Gasteiger partial charge in [0.05, 0.1) is 12.0 Å². The molecule has 1 aliphatic heterocycles. The van der Waals surface area contributed by atoms with E-state index >= 15 is 0 Å². The third kappa shape index (κ3) is 4.93. The zero-order chi connectivity index (χ0) is 25.3. The third-order valence-electron chi connectivity index (χ3n) is 6.82. The number of benzene rings is 3. The van der Waals surface area contributed by atoms with Gasteiger partial charge in [0.25, 0.3) is 0 Å². The quantitative estimate of drug-likeness (QED) is 0.499. The van der Waals surface area contributed by atoms with Gasteiger partial charge in [0, 0.05) is 12.2 Å². The highest BCUT2D eigenvalue weighted by atomic mass is 16.7. The molecule has 0 aromatic heterocycles. The van der Waals surface area contributed by atoms with Crippen LogP contribution in [0.1, 0.15) is 29.5 Å². The second-order valence-electron chi connectivity index (χ2n) is 9.85. The molecule has 7 heteroatoms. The maximum absolute atomic E-state index is 13.3. The van der Waals surface area contributed by atoms with E-state index in [9.17, 15) is 9.59 Å². The number of rotatable bonds is 8. The monoisotopic (exact) mass is 485 g/mol. The summed E-state index contributed by atoms with van der Waals surface area (Å²) in [6, 6.07) is 19.9. The van der Waals surface area contributed by atoms with Crippen molar-refractivity contribution < 1.29 is 19.1 Å². The van der Waals surface area contributed by atoms with Crippen molar-refractivity contribution in [1.29, 1.82) is 0 Å². The number of hydrogen-bond donors (Lipinski definition) is 2. The molecule has 3 aromatic rings. The minimum absolute atomic E-state index is 0.0000167. The molecule has 1 aliphatic carbocycles. The van der Waals surface area contributed by atoms with E-state index in [0.717, 1.165) is 52.1 Å². The highest BCUT2D eigenvalue weighted by Crippen LogP contribution is 2.51. The molecule has 36 heavy (non-hydrogen) atoms. The van der Waals surface area contributed by atoms with Crippen LogP contribution in [0.4, 0.5) is 5.69 Å². The van der Waals surface area contributed by atoms with Gasteiger partial charge in [0.15, 0.2) is 11.5 Å². The molecule has 0 radical (unpaired) electrons. The molecule has 1 heterocycles. The van der Waals surface area contributed by atoms with Crippen LogP contribution in [0.25, 0.3) is 11.1 Å². The standard InChI is InChI=1S/C29H31N3O4/c1-19-4-10-23(15-24(19)21-7-5-20(6-8-21)16-30-27(33)17-32(2)3)31-28(34)29(12-13-29)22-9-11-25-26(14-22)36-18-35-25/h4-11,14-15H,12-13,16-18H2,1-3H3,(H,30,33)(H,31,34). The van der Waals surface area contributed by atoms with E-state index in [1.54, 1.807) is 0 Å². The minimum Gasteiger partial charge on any atom is -0.454 e. The number of anilines is 1. The number of carbonyl (C=O) groups is 2. The number of aryl methyl sites for hydroxylation is 1. The highest BCUT2D eigenvalue weighted by molar-refractivity contribution is 6.02. The SMILES string of the molecule is Cc1ccc(NC(=O)C2(c3ccc4c(c3)OCO4)CC2)cc1-c1ccc(CNC(=O)CN(C)C)cc1. The van der Waals surface area contributed by atoms with Crippen molar-refractivity contribution in [2.75, 3.05) is 32.7 Å². The molecule has 1 fully saturated rings. The Morgan fingerprint density at radius 3 is 2.42 bits per heavy atom. The van der Waals surface area contributed by atoms with Crippen LogP contribution in [0.3, 0.4) is 0 Å². The Hall–Kier alpha value is -3.84. The molecule has 1 saturated carbocycles. The number of carbonyl (C=O) groups excluding carboxylic acids is 2. The summed E-state index contributed by atoms with van der Waals surface area (Å²) in [5.41, 5.74) is 5.49. The average Bonchev–Trinajstić information content (AvgIpc) is 3.54. The van der Waals surface area contributed by atoms with Gasteiger partial charge in [-0.15, -0.1) is 0 Å². The molecule has 7 nitrogen and oxygen atoms in total. The van der Waals surface area contributed by atoms with Crippen LogP contribution >= 0.6 is 0 Å². The van der Waals surface area contributed by atoms with E-state index in [-0.39, 0.29) is 18.6 Å². The van der Waals surface area contributed by atoms with Gasteiger partial charge in [-0.1, -0.05) is 36.4 Å². The average molecular weight is 486 g/mol. The number of nitrogens with zero attached hydrogens (tertiary/aromatic N) is 1. The normalized spacial score (nSPS) is 15.0. The first-order valence-corrected chi connectivity index (χ1v) is 12.2. The van der Waals surface area contributed by atoms with Gasteiger partial charge in [-0.05, 0) is 85.9 Å². The summed E-state index contributed by atoms with van der Waals surface area (Å²) in [7, 11) is 3.74. The number of hydrogen-bond acceptors (Lipinski definition) is 5. The molecule has 0 spiro atoms. The Balaban J connectivity index is 1.28. The van der Waals surface area contributed by atoms with E-state index in [1.807, 2.05) is 67.5 Å². The lowest BCUT2D eigenvalue weighted by Crippen LogP contribution is -2.32. The summed E-state index contributed by atoms with van der Waals surface area (Å²) in [6.07, 6.45) is 1.62. The maximum Gasteiger partial charge on any atom is 0.235 e. The number of amides is 2. The lowest BCUT2D eigenvalue weighted by Gasteiger charge is -2.17. The predicted octanol–water partition coefficient (Wildman–Crippen LogP) is 4.24. The predicted molar refractivity (Wildman–Crippen MR) is 139 cm³/mol. The Bertz CT molecular complexity index is 1300. The molecule has 2 aliphatic rings. The summed E-state index contributed by atoms with van der Waals surface area (Å²) in [4.78, 5) is 27.1. The van der Waals surface area contributed by atoms with Crippen molar-refractivity contribution in [2.45, 2.75) is 31.7 Å². The molecule has 186 valence electrons. The van der Waals surface area contributed by atoms with Crippen molar-refractivity contribution in [1.82, 2.24) is 10.2 Å². The summed E-state index contributed by atoms with van der Waals surface area (Å²) in [6.45, 7) is 3.14. The van der Waals surface area contributed by atoms with Gasteiger partial charge in [-0.3, -0.25) is 9.59 Å². The number of ether oxygens (including phenoxy) is 2. The van der Waals surface area contributed by atoms with Crippen LogP contribution in [-0.4, -0.2) is 44.1 Å². The van der Waals surface area contributed by atoms with Gasteiger partial charge in [0.2, 0.25) is 18.6 Å². The molecule has 0 bridgehead atoms. The second-order valence-corrected chi connectivity index (χ2v) is 9.85. The highest BCUT2D eigenvalue weighted by Gasteiger charge is 2.51. The van der Waals surface area contributed by atoms with Crippen molar-refractivity contribution in [2.24, 2.45) is 0 Å². The van der Waals surface area contributed by atoms with Crippen molar-refractivity contribution >= 4 is 17.5 Å². The molecule has 3 aromatic carbocycles. The van der Waals surface area contributed by atoms with Crippen molar-refractivity contribution in [3.63, 3.8) is 0 Å². The molecule has 2 amide bonds. The third-order valence-corrected chi connectivity index (χ3v) is 6.82. The topological polar surface area (TPSA) is 79.9 Å². The number of likely N-dealkylation sites (N-methyl/N-ethyl adjacent to an activating group) is 1. The molecular formula is C29H31N3O4. The molecule has 2 N–H and O–H groups in total. The first kappa shape index (κ1) is 23.9. The van der Waals surface area contributed by atoms with E-state index < -0.39 is 5.41 Å². The van der Waals surface area contributed by atoms with Gasteiger partial charge < -0.3 is 25.0 Å². The van der Waals surface area contributed by atoms with E-state index in [0.29, 0.717) is 18.8 Å². The zero-order valence-electron chi connectivity index (χ0n) is 20.9. The zero-order valence-corrected chi connectivity index (χ0v) is 20.9. The van der Waals surface area contributed by atoms with Gasteiger partial charge in [-0.25, -0.2) is 0 Å². The van der Waals surface area contributed by atoms with Crippen LogP contribution in [0.5, 0.6) is 11.5 Å². The Labute approximate surface area is 211 Å². The van der Waals surface area contributed by atoms with Crippen LogP contribution in [0, 0.1) is 6.92 Å². The van der Waals surface area contributed by atoms with Crippen LogP contribution in [0.2, 0.25) is 0 Å². The van der Waals surface area contributed by atoms with Crippen LogP contribution < -0.4 is 20.1 Å². The first-order valence-electron chi connectivity index (χ1n) is 12.2. The van der Waals surface area contributed by atoms with Crippen molar-refractivity contribution in [3.05, 3.63) is 77.4 Å².